The molecule has 0 amide bonds. The van der Waals surface area contributed by atoms with Crippen molar-refractivity contribution in [2.75, 3.05) is 24.6 Å². The van der Waals surface area contributed by atoms with Crippen molar-refractivity contribution in [1.29, 1.82) is 0 Å². The minimum absolute atomic E-state index is 0.126. The van der Waals surface area contributed by atoms with Crippen molar-refractivity contribution in [1.82, 2.24) is 4.98 Å². The molecule has 2 heterocycles. The van der Waals surface area contributed by atoms with Gasteiger partial charge in [0.1, 0.15) is 0 Å². The predicted octanol–water partition coefficient (Wildman–Crippen LogP) is 1.87. The van der Waals surface area contributed by atoms with E-state index in [0.717, 1.165) is 0 Å². The van der Waals surface area contributed by atoms with Gasteiger partial charge in [0.2, 0.25) is 16.7 Å². The molecule has 0 bridgehead atoms. The van der Waals surface area contributed by atoms with Gasteiger partial charge in [-0.15, -0.1) is 4.91 Å². The number of aromatic nitrogens is 2. The lowest BCUT2D eigenvalue weighted by Gasteiger charge is -2.35. The highest BCUT2D eigenvalue weighted by molar-refractivity contribution is 6.32. The zero-order valence-corrected chi connectivity index (χ0v) is 11.4. The number of nitroso groups, excluding NO2 is 1. The second-order valence-electron chi connectivity index (χ2n) is 4.93. The topological polar surface area (TPSA) is 68.9 Å². The van der Waals surface area contributed by atoms with E-state index < -0.39 is 0 Å². The molecule has 0 aliphatic carbocycles. The van der Waals surface area contributed by atoms with Crippen molar-refractivity contribution in [3.63, 3.8) is 0 Å². The van der Waals surface area contributed by atoms with Crippen LogP contribution in [0.3, 0.4) is 0 Å². The SMILES string of the molecule is Cc1nc(Cl)c(N=O)c(N2CCOC(C)(C)C2)[nH+]1. The Balaban J connectivity index is 2.40. The molecule has 98 valence electrons. The second kappa shape index (κ2) is 4.78. The Morgan fingerprint density at radius 2 is 2.28 bits per heavy atom. The normalized spacial score (nSPS) is 18.8. The predicted molar refractivity (Wildman–Crippen MR) is 68.2 cm³/mol. The number of aryl methyl sites for hydroxylation is 1. The van der Waals surface area contributed by atoms with E-state index in [4.69, 9.17) is 16.3 Å². The number of H-pyrrole nitrogens is 1. The molecule has 1 aromatic rings. The van der Waals surface area contributed by atoms with Gasteiger partial charge in [0, 0.05) is 6.92 Å². The van der Waals surface area contributed by atoms with Crippen LogP contribution in [-0.4, -0.2) is 30.3 Å². The van der Waals surface area contributed by atoms with Gasteiger partial charge in [0.15, 0.2) is 0 Å². The Bertz CT molecular complexity index is 478. The first-order chi connectivity index (χ1) is 8.43. The van der Waals surface area contributed by atoms with E-state index in [2.05, 4.69) is 15.1 Å². The van der Waals surface area contributed by atoms with Gasteiger partial charge in [-0.25, -0.2) is 4.98 Å². The van der Waals surface area contributed by atoms with Crippen molar-refractivity contribution in [2.24, 2.45) is 5.18 Å². The van der Waals surface area contributed by atoms with E-state index in [1.165, 1.54) is 0 Å². The Hall–Kier alpha value is -1.27. The Morgan fingerprint density at radius 1 is 1.56 bits per heavy atom. The molecule has 0 unspecified atom stereocenters. The first kappa shape index (κ1) is 13.2. The third kappa shape index (κ3) is 2.59. The lowest BCUT2D eigenvalue weighted by atomic mass is 10.1. The minimum Gasteiger partial charge on any atom is -0.369 e. The van der Waals surface area contributed by atoms with E-state index in [1.54, 1.807) is 6.92 Å². The molecule has 7 heteroatoms. The zero-order valence-electron chi connectivity index (χ0n) is 10.7. The summed E-state index contributed by atoms with van der Waals surface area (Å²) in [6.45, 7) is 7.73. The summed E-state index contributed by atoms with van der Waals surface area (Å²) < 4.78 is 5.64. The van der Waals surface area contributed by atoms with Crippen molar-refractivity contribution < 1.29 is 9.72 Å². The van der Waals surface area contributed by atoms with Gasteiger partial charge in [-0.1, -0.05) is 4.98 Å². The summed E-state index contributed by atoms with van der Waals surface area (Å²) in [6, 6.07) is 0. The average Bonchev–Trinajstić information content (AvgIpc) is 2.26. The molecular weight excluding hydrogens is 256 g/mol. The summed E-state index contributed by atoms with van der Waals surface area (Å²) in [7, 11) is 0. The first-order valence-corrected chi connectivity index (χ1v) is 6.12. The molecule has 1 aliphatic heterocycles. The van der Waals surface area contributed by atoms with E-state index in [0.29, 0.717) is 31.3 Å². The Labute approximate surface area is 110 Å². The molecule has 0 spiro atoms. The number of hydrogen-bond acceptors (Lipinski definition) is 5. The Morgan fingerprint density at radius 3 is 2.89 bits per heavy atom. The molecule has 6 nitrogen and oxygen atoms in total. The summed E-state index contributed by atoms with van der Waals surface area (Å²) in [4.78, 5) is 20.0. The molecule has 1 N–H and O–H groups in total. The maximum Gasteiger partial charge on any atom is 0.256 e. The fourth-order valence-corrected chi connectivity index (χ4v) is 2.32. The minimum atomic E-state index is -0.268. The van der Waals surface area contributed by atoms with Crippen LogP contribution < -0.4 is 9.88 Å². The van der Waals surface area contributed by atoms with Crippen LogP contribution in [0.25, 0.3) is 0 Å². The summed E-state index contributed by atoms with van der Waals surface area (Å²) in [5.74, 6) is 1.26. The number of nitrogens with one attached hydrogen (secondary N) is 1. The number of hydrogen-bond donors (Lipinski definition) is 0. The van der Waals surface area contributed by atoms with Crippen molar-refractivity contribution in [2.45, 2.75) is 26.4 Å². The Kier molecular flexibility index (Phi) is 3.49. The summed E-state index contributed by atoms with van der Waals surface area (Å²) in [6.07, 6.45) is 0. The van der Waals surface area contributed by atoms with Gasteiger partial charge < -0.3 is 4.74 Å². The van der Waals surface area contributed by atoms with Crippen LogP contribution in [-0.2, 0) is 4.74 Å². The van der Waals surface area contributed by atoms with Crippen LogP contribution >= 0.6 is 11.6 Å². The molecule has 1 aromatic heterocycles. The smallest absolute Gasteiger partial charge is 0.256 e. The number of aromatic amines is 1. The van der Waals surface area contributed by atoms with Gasteiger partial charge in [0.05, 0.1) is 25.3 Å². The molecule has 0 saturated carbocycles. The number of rotatable bonds is 2. The number of anilines is 1. The van der Waals surface area contributed by atoms with Crippen LogP contribution in [0.5, 0.6) is 0 Å². The molecule has 2 rings (SSSR count). The quantitative estimate of drug-likeness (QED) is 0.608. The second-order valence-corrected chi connectivity index (χ2v) is 5.29. The van der Waals surface area contributed by atoms with Crippen molar-refractivity contribution in [3.05, 3.63) is 15.9 Å². The average molecular weight is 272 g/mol. The monoisotopic (exact) mass is 271 g/mol. The largest absolute Gasteiger partial charge is 0.369 e. The highest BCUT2D eigenvalue weighted by Crippen LogP contribution is 2.32. The highest BCUT2D eigenvalue weighted by atomic mass is 35.5. The molecule has 0 radical (unpaired) electrons. The maximum atomic E-state index is 10.9. The third-order valence-electron chi connectivity index (χ3n) is 2.82. The maximum absolute atomic E-state index is 10.9. The fourth-order valence-electron chi connectivity index (χ4n) is 2.07. The number of nitrogens with zero attached hydrogens (tertiary/aromatic N) is 3. The molecule has 1 aliphatic rings. The lowest BCUT2D eigenvalue weighted by Crippen LogP contribution is -2.50. The van der Waals surface area contributed by atoms with Crippen LogP contribution in [0.1, 0.15) is 19.7 Å². The standard InChI is InChI=1S/C11H15ClN4O2/c1-7-13-9(12)8(15-17)10(14-7)16-4-5-18-11(2,3)6-16/h4-6H2,1-3H3/p+1. The third-order valence-corrected chi connectivity index (χ3v) is 3.08. The number of morpholine rings is 1. The van der Waals surface area contributed by atoms with Crippen LogP contribution in [0.4, 0.5) is 11.5 Å². The van der Waals surface area contributed by atoms with Crippen molar-refractivity contribution >= 4 is 23.1 Å². The number of ether oxygens (including phenoxy) is 1. The number of halogens is 1. The van der Waals surface area contributed by atoms with Crippen LogP contribution in [0.15, 0.2) is 5.18 Å². The molecule has 0 aromatic carbocycles. The lowest BCUT2D eigenvalue weighted by molar-refractivity contribution is -0.379. The molecule has 1 saturated heterocycles. The van der Waals surface area contributed by atoms with Crippen LogP contribution in [0, 0.1) is 11.8 Å². The van der Waals surface area contributed by atoms with Gasteiger partial charge >= 0.3 is 0 Å². The summed E-state index contributed by atoms with van der Waals surface area (Å²) >= 11 is 5.94. The van der Waals surface area contributed by atoms with Gasteiger partial charge in [-0.3, -0.25) is 4.90 Å². The van der Waals surface area contributed by atoms with E-state index in [9.17, 15) is 4.91 Å². The van der Waals surface area contributed by atoms with Gasteiger partial charge in [0.25, 0.3) is 5.82 Å². The molecule has 1 fully saturated rings. The van der Waals surface area contributed by atoms with Crippen LogP contribution in [0.2, 0.25) is 5.15 Å². The highest BCUT2D eigenvalue weighted by Gasteiger charge is 2.34. The molecule has 18 heavy (non-hydrogen) atoms. The van der Waals surface area contributed by atoms with E-state index >= 15 is 0 Å². The van der Waals surface area contributed by atoms with Gasteiger partial charge in [-0.2, -0.15) is 0 Å². The molecular formula is C11H16ClN4O2+. The van der Waals surface area contributed by atoms with Crippen molar-refractivity contribution in [3.8, 4) is 0 Å². The van der Waals surface area contributed by atoms with Gasteiger partial charge in [-0.05, 0) is 30.6 Å². The van der Waals surface area contributed by atoms with E-state index in [-0.39, 0.29) is 16.4 Å². The summed E-state index contributed by atoms with van der Waals surface area (Å²) in [5, 5.41) is 3.10. The zero-order chi connectivity index (χ0) is 13.3. The first-order valence-electron chi connectivity index (χ1n) is 5.74. The summed E-state index contributed by atoms with van der Waals surface area (Å²) in [5.41, 5.74) is -0.115. The molecule has 0 atom stereocenters. The fraction of sp³-hybridized carbons (Fsp3) is 0.636. The van der Waals surface area contributed by atoms with E-state index in [1.807, 2.05) is 18.7 Å².